The van der Waals surface area contributed by atoms with Crippen LogP contribution in [0.3, 0.4) is 0 Å². The van der Waals surface area contributed by atoms with E-state index in [1.807, 2.05) is 31.2 Å². The average molecular weight is 285 g/mol. The number of rotatable bonds is 3. The molecule has 0 amide bonds. The van der Waals surface area contributed by atoms with Crippen molar-refractivity contribution >= 4 is 11.0 Å². The molecule has 1 aromatic carbocycles. The van der Waals surface area contributed by atoms with Crippen LogP contribution in [0.5, 0.6) is 0 Å². The number of aliphatic hydroxyl groups is 1. The van der Waals surface area contributed by atoms with Crippen molar-refractivity contribution in [1.29, 1.82) is 0 Å². The fourth-order valence-electron chi connectivity index (χ4n) is 2.24. The molecule has 1 unspecified atom stereocenters. The summed E-state index contributed by atoms with van der Waals surface area (Å²) < 4.78 is 2.65. The van der Waals surface area contributed by atoms with Gasteiger partial charge in [0.05, 0.1) is 18.8 Å². The predicted octanol–water partition coefficient (Wildman–Crippen LogP) is 0.567. The van der Waals surface area contributed by atoms with Gasteiger partial charge in [-0.05, 0) is 12.5 Å². The van der Waals surface area contributed by atoms with Gasteiger partial charge in [0, 0.05) is 7.05 Å². The summed E-state index contributed by atoms with van der Waals surface area (Å²) in [6, 6.07) is 7.51. The second kappa shape index (κ2) is 5.10. The van der Waals surface area contributed by atoms with Crippen molar-refractivity contribution in [3.8, 4) is 0 Å². The van der Waals surface area contributed by atoms with Crippen molar-refractivity contribution < 1.29 is 5.11 Å². The molecule has 1 N–H and O–H groups in total. The van der Waals surface area contributed by atoms with Gasteiger partial charge in [0.25, 0.3) is 5.56 Å². The minimum atomic E-state index is -0.814. The molecule has 0 radical (unpaired) electrons. The smallest absolute Gasteiger partial charge is 0.280 e. The van der Waals surface area contributed by atoms with E-state index in [0.717, 1.165) is 15.8 Å². The van der Waals surface area contributed by atoms with E-state index in [-0.39, 0.29) is 12.1 Å². The molecule has 21 heavy (non-hydrogen) atoms. The molecule has 0 fully saturated rings. The monoisotopic (exact) mass is 285 g/mol. The lowest BCUT2D eigenvalue weighted by molar-refractivity contribution is 0.148. The molecule has 0 aliphatic heterocycles. The van der Waals surface area contributed by atoms with Gasteiger partial charge in [-0.25, -0.2) is 9.36 Å². The van der Waals surface area contributed by atoms with Crippen molar-refractivity contribution in [2.75, 3.05) is 0 Å². The molecule has 0 saturated carbocycles. The van der Waals surface area contributed by atoms with Gasteiger partial charge in [0.15, 0.2) is 5.65 Å². The van der Waals surface area contributed by atoms with Gasteiger partial charge >= 0.3 is 0 Å². The Hall–Kier alpha value is -2.54. The Balaban J connectivity index is 1.95. The number of benzene rings is 1. The van der Waals surface area contributed by atoms with Gasteiger partial charge in [-0.3, -0.25) is 4.79 Å². The maximum absolute atomic E-state index is 12.3. The molecule has 0 aliphatic rings. The lowest BCUT2D eigenvalue weighted by Crippen LogP contribution is -2.27. The maximum atomic E-state index is 12.3. The Labute approximate surface area is 120 Å². The van der Waals surface area contributed by atoms with E-state index < -0.39 is 6.10 Å². The Kier molecular flexibility index (Phi) is 3.26. The van der Waals surface area contributed by atoms with Gasteiger partial charge in [-0.1, -0.05) is 35.0 Å². The third-order valence-corrected chi connectivity index (χ3v) is 3.39. The first-order valence-corrected chi connectivity index (χ1v) is 6.56. The second-order valence-electron chi connectivity index (χ2n) is 5.01. The minimum absolute atomic E-state index is 0.0557. The first-order chi connectivity index (χ1) is 10.1. The van der Waals surface area contributed by atoms with Crippen LogP contribution < -0.4 is 5.56 Å². The molecule has 108 valence electrons. The van der Waals surface area contributed by atoms with Crippen molar-refractivity contribution in [1.82, 2.24) is 24.8 Å². The van der Waals surface area contributed by atoms with Gasteiger partial charge in [-0.15, -0.1) is 5.10 Å². The molecule has 1 atom stereocenters. The van der Waals surface area contributed by atoms with E-state index in [0.29, 0.717) is 11.0 Å². The summed E-state index contributed by atoms with van der Waals surface area (Å²) in [6.45, 7) is 2.00. The zero-order valence-electron chi connectivity index (χ0n) is 11.8. The molecule has 7 heteroatoms. The van der Waals surface area contributed by atoms with E-state index in [2.05, 4.69) is 15.4 Å². The van der Waals surface area contributed by atoms with Crippen molar-refractivity contribution in [3.63, 3.8) is 0 Å². The zero-order valence-corrected chi connectivity index (χ0v) is 11.8. The topological polar surface area (TPSA) is 85.8 Å². The van der Waals surface area contributed by atoms with E-state index in [1.165, 1.54) is 10.9 Å². The van der Waals surface area contributed by atoms with Gasteiger partial charge in [0.1, 0.15) is 5.39 Å². The Morgan fingerprint density at radius 2 is 2.19 bits per heavy atom. The SMILES string of the molecule is Cc1cccc(C(O)Cn2nnc3c(cnn3C)c2=O)c1. The van der Waals surface area contributed by atoms with Crippen LogP contribution in [0.2, 0.25) is 0 Å². The maximum Gasteiger partial charge on any atom is 0.280 e. The molecule has 0 bridgehead atoms. The van der Waals surface area contributed by atoms with Crippen molar-refractivity contribution in [2.45, 2.75) is 19.6 Å². The third kappa shape index (κ3) is 2.43. The lowest BCUT2D eigenvalue weighted by atomic mass is 10.1. The predicted molar refractivity (Wildman–Crippen MR) is 76.7 cm³/mol. The molecule has 7 nitrogen and oxygen atoms in total. The van der Waals surface area contributed by atoms with Crippen LogP contribution in [-0.4, -0.2) is 29.9 Å². The Bertz CT molecular complexity index is 852. The number of nitrogens with zero attached hydrogens (tertiary/aromatic N) is 5. The second-order valence-corrected chi connectivity index (χ2v) is 5.01. The molecular weight excluding hydrogens is 270 g/mol. The van der Waals surface area contributed by atoms with E-state index in [4.69, 9.17) is 0 Å². The molecule has 2 heterocycles. The summed E-state index contributed by atoms with van der Waals surface area (Å²) in [5, 5.41) is 22.5. The highest BCUT2D eigenvalue weighted by atomic mass is 16.3. The first-order valence-electron chi connectivity index (χ1n) is 6.56. The Morgan fingerprint density at radius 1 is 1.38 bits per heavy atom. The van der Waals surface area contributed by atoms with Gasteiger partial charge in [0.2, 0.25) is 0 Å². The normalized spacial score (nSPS) is 12.7. The molecule has 2 aromatic heterocycles. The third-order valence-electron chi connectivity index (χ3n) is 3.39. The Morgan fingerprint density at radius 3 is 2.95 bits per heavy atom. The van der Waals surface area contributed by atoms with Crippen LogP contribution >= 0.6 is 0 Å². The number of hydrogen-bond donors (Lipinski definition) is 1. The van der Waals surface area contributed by atoms with Crippen LogP contribution in [0.1, 0.15) is 17.2 Å². The number of fused-ring (bicyclic) bond motifs is 1. The number of aryl methyl sites for hydroxylation is 2. The standard InChI is InChI=1S/C14H15N5O2/c1-9-4-3-5-10(6-9)12(20)8-19-14(21)11-7-15-18(2)13(11)16-17-19/h3-7,12,20H,8H2,1-2H3. The van der Waals surface area contributed by atoms with Crippen molar-refractivity contribution in [3.05, 3.63) is 51.9 Å². The summed E-state index contributed by atoms with van der Waals surface area (Å²) in [5.41, 5.74) is 1.92. The fourth-order valence-corrected chi connectivity index (χ4v) is 2.24. The highest BCUT2D eigenvalue weighted by Gasteiger charge is 2.14. The molecule has 0 saturated heterocycles. The minimum Gasteiger partial charge on any atom is -0.386 e. The summed E-state index contributed by atoms with van der Waals surface area (Å²) >= 11 is 0. The molecular formula is C14H15N5O2. The molecule has 3 aromatic rings. The number of aliphatic hydroxyl groups excluding tert-OH is 1. The van der Waals surface area contributed by atoms with Crippen LogP contribution in [-0.2, 0) is 13.6 Å². The summed E-state index contributed by atoms with van der Waals surface area (Å²) in [4.78, 5) is 12.3. The fraction of sp³-hybridized carbons (Fsp3) is 0.286. The number of hydrogen-bond acceptors (Lipinski definition) is 5. The van der Waals surface area contributed by atoms with E-state index >= 15 is 0 Å². The largest absolute Gasteiger partial charge is 0.386 e. The highest BCUT2D eigenvalue weighted by Crippen LogP contribution is 2.15. The highest BCUT2D eigenvalue weighted by molar-refractivity contribution is 5.72. The van der Waals surface area contributed by atoms with Crippen molar-refractivity contribution in [2.24, 2.45) is 7.05 Å². The van der Waals surface area contributed by atoms with Crippen LogP contribution in [0.25, 0.3) is 11.0 Å². The van der Waals surface area contributed by atoms with Crippen LogP contribution in [0.4, 0.5) is 0 Å². The summed E-state index contributed by atoms with van der Waals surface area (Å²) in [5.74, 6) is 0. The molecule has 0 spiro atoms. The lowest BCUT2D eigenvalue weighted by Gasteiger charge is -2.12. The summed E-state index contributed by atoms with van der Waals surface area (Å²) in [7, 11) is 1.70. The average Bonchev–Trinajstić information content (AvgIpc) is 2.84. The molecule has 3 rings (SSSR count). The first kappa shape index (κ1) is 13.4. The van der Waals surface area contributed by atoms with Crippen LogP contribution in [0.15, 0.2) is 35.3 Å². The number of aromatic nitrogens is 5. The van der Waals surface area contributed by atoms with E-state index in [1.54, 1.807) is 7.05 Å². The van der Waals surface area contributed by atoms with Gasteiger partial charge < -0.3 is 5.11 Å². The van der Waals surface area contributed by atoms with E-state index in [9.17, 15) is 9.90 Å². The zero-order chi connectivity index (χ0) is 15.0. The quantitative estimate of drug-likeness (QED) is 0.760. The summed E-state index contributed by atoms with van der Waals surface area (Å²) in [6.07, 6.45) is 0.646. The molecule has 0 aliphatic carbocycles. The van der Waals surface area contributed by atoms with Gasteiger partial charge in [-0.2, -0.15) is 5.10 Å². The van der Waals surface area contributed by atoms with Crippen LogP contribution in [0, 0.1) is 6.92 Å².